The molecule has 0 spiro atoms. The summed E-state index contributed by atoms with van der Waals surface area (Å²) in [5.41, 5.74) is 0.826. The number of carbonyl (C=O) groups excluding carboxylic acids is 1. The van der Waals surface area contributed by atoms with Gasteiger partial charge < -0.3 is 4.74 Å². The van der Waals surface area contributed by atoms with Crippen LogP contribution in [0.1, 0.15) is 34.5 Å². The van der Waals surface area contributed by atoms with E-state index in [2.05, 4.69) is 0 Å². The molecule has 0 amide bonds. The summed E-state index contributed by atoms with van der Waals surface area (Å²) in [5, 5.41) is 0. The Balaban J connectivity index is 2.09. The quantitative estimate of drug-likeness (QED) is 0.772. The zero-order chi connectivity index (χ0) is 17.9. The molecule has 0 N–H and O–H groups in total. The highest BCUT2D eigenvalue weighted by Gasteiger charge is 2.17. The standard InChI is InChI=1S/C17H16F2O4S/c1-11(15-8-7-14(18)9-16(15)19)23-17(20)13-5-3-12(4-6-13)10-24(2,21)22/h3-9,11H,10H2,1-2H3. The summed E-state index contributed by atoms with van der Waals surface area (Å²) in [6.45, 7) is 1.48. The normalized spacial score (nSPS) is 12.7. The fourth-order valence-corrected chi connectivity index (χ4v) is 2.96. The number of carbonyl (C=O) groups is 1. The number of esters is 1. The van der Waals surface area contributed by atoms with Crippen molar-refractivity contribution in [3.05, 3.63) is 70.8 Å². The van der Waals surface area contributed by atoms with Crippen molar-refractivity contribution in [1.82, 2.24) is 0 Å². The van der Waals surface area contributed by atoms with Crippen molar-refractivity contribution < 1.29 is 26.7 Å². The van der Waals surface area contributed by atoms with Gasteiger partial charge in [0.1, 0.15) is 17.7 Å². The van der Waals surface area contributed by atoms with Gasteiger partial charge in [-0.25, -0.2) is 22.0 Å². The van der Waals surface area contributed by atoms with Gasteiger partial charge in [-0.15, -0.1) is 0 Å². The zero-order valence-electron chi connectivity index (χ0n) is 13.1. The van der Waals surface area contributed by atoms with Crippen LogP contribution in [0.3, 0.4) is 0 Å². The molecule has 2 aromatic rings. The minimum atomic E-state index is -3.16. The van der Waals surface area contributed by atoms with Crippen LogP contribution < -0.4 is 0 Å². The Morgan fingerprint density at radius 2 is 1.75 bits per heavy atom. The van der Waals surface area contributed by atoms with Crippen LogP contribution in [0.2, 0.25) is 0 Å². The third-order valence-electron chi connectivity index (χ3n) is 3.30. The lowest BCUT2D eigenvalue weighted by Crippen LogP contribution is -2.11. The van der Waals surface area contributed by atoms with Crippen LogP contribution in [0.4, 0.5) is 8.78 Å². The first kappa shape index (κ1) is 18.1. The molecule has 0 aliphatic rings. The first-order valence-corrected chi connectivity index (χ1v) is 9.14. The summed E-state index contributed by atoms with van der Waals surface area (Å²) in [6.07, 6.45) is 0.225. The maximum absolute atomic E-state index is 13.7. The van der Waals surface area contributed by atoms with Crippen LogP contribution in [0.5, 0.6) is 0 Å². The lowest BCUT2D eigenvalue weighted by atomic mass is 10.1. The van der Waals surface area contributed by atoms with Gasteiger partial charge in [-0.1, -0.05) is 12.1 Å². The van der Waals surface area contributed by atoms with Gasteiger partial charge in [0.2, 0.25) is 0 Å². The Hall–Kier alpha value is -2.28. The monoisotopic (exact) mass is 354 g/mol. The summed E-state index contributed by atoms with van der Waals surface area (Å²) < 4.78 is 54.2. The molecule has 4 nitrogen and oxygen atoms in total. The highest BCUT2D eigenvalue weighted by Crippen LogP contribution is 2.22. The molecule has 0 heterocycles. The van der Waals surface area contributed by atoms with Crippen molar-refractivity contribution in [3.8, 4) is 0 Å². The molecule has 2 rings (SSSR count). The second-order valence-electron chi connectivity index (χ2n) is 5.48. The SMILES string of the molecule is CC(OC(=O)c1ccc(CS(C)(=O)=O)cc1)c1ccc(F)cc1F. The van der Waals surface area contributed by atoms with Crippen molar-refractivity contribution >= 4 is 15.8 Å². The highest BCUT2D eigenvalue weighted by molar-refractivity contribution is 7.89. The third kappa shape index (κ3) is 4.86. The molecule has 1 unspecified atom stereocenters. The summed E-state index contributed by atoms with van der Waals surface area (Å²) in [5.74, 6) is -2.31. The van der Waals surface area contributed by atoms with Gasteiger partial charge in [0.05, 0.1) is 11.3 Å². The molecule has 1 atom stereocenters. The zero-order valence-corrected chi connectivity index (χ0v) is 13.9. The average Bonchev–Trinajstić information content (AvgIpc) is 2.45. The fraction of sp³-hybridized carbons (Fsp3) is 0.235. The van der Waals surface area contributed by atoms with E-state index in [4.69, 9.17) is 4.74 Å². The first-order valence-electron chi connectivity index (χ1n) is 7.08. The van der Waals surface area contributed by atoms with E-state index in [9.17, 15) is 22.0 Å². The van der Waals surface area contributed by atoms with Crippen LogP contribution in [-0.4, -0.2) is 20.6 Å². The number of hydrogen-bond acceptors (Lipinski definition) is 4. The molecule has 0 radical (unpaired) electrons. The number of ether oxygens (including phenoxy) is 1. The summed E-state index contributed by atoms with van der Waals surface area (Å²) >= 11 is 0. The smallest absolute Gasteiger partial charge is 0.338 e. The van der Waals surface area contributed by atoms with E-state index in [1.807, 2.05) is 0 Å². The van der Waals surface area contributed by atoms with Gasteiger partial charge in [-0.3, -0.25) is 0 Å². The van der Waals surface area contributed by atoms with Crippen molar-refractivity contribution in [2.75, 3.05) is 6.26 Å². The second-order valence-corrected chi connectivity index (χ2v) is 7.62. The van der Waals surface area contributed by atoms with E-state index in [0.717, 1.165) is 18.4 Å². The predicted octanol–water partition coefficient (Wildman–Crippen LogP) is 3.43. The van der Waals surface area contributed by atoms with Crippen LogP contribution in [0.15, 0.2) is 42.5 Å². The number of sulfone groups is 1. The van der Waals surface area contributed by atoms with Gasteiger partial charge in [0.25, 0.3) is 0 Å². The van der Waals surface area contributed by atoms with Crippen molar-refractivity contribution in [2.45, 2.75) is 18.8 Å². The summed E-state index contributed by atoms with van der Waals surface area (Å²) in [6, 6.07) is 8.94. The Morgan fingerprint density at radius 1 is 1.12 bits per heavy atom. The minimum absolute atomic E-state index is 0.0680. The van der Waals surface area contributed by atoms with E-state index in [-0.39, 0.29) is 16.9 Å². The molecular formula is C17H16F2O4S. The van der Waals surface area contributed by atoms with E-state index in [0.29, 0.717) is 5.56 Å². The van der Waals surface area contributed by atoms with Crippen LogP contribution in [0.25, 0.3) is 0 Å². The van der Waals surface area contributed by atoms with Crippen molar-refractivity contribution in [3.63, 3.8) is 0 Å². The van der Waals surface area contributed by atoms with Crippen LogP contribution >= 0.6 is 0 Å². The Kier molecular flexibility index (Phi) is 5.33. The molecule has 7 heteroatoms. The Morgan fingerprint density at radius 3 is 2.29 bits per heavy atom. The lowest BCUT2D eigenvalue weighted by Gasteiger charge is -2.14. The largest absolute Gasteiger partial charge is 0.454 e. The Labute approximate surface area is 139 Å². The number of rotatable bonds is 5. The molecule has 0 fully saturated rings. The summed E-state index contributed by atoms with van der Waals surface area (Å²) in [4.78, 5) is 12.1. The molecule has 128 valence electrons. The maximum atomic E-state index is 13.7. The number of halogens is 2. The van der Waals surface area contributed by atoms with E-state index < -0.39 is 33.5 Å². The van der Waals surface area contributed by atoms with Gasteiger partial charge in [0.15, 0.2) is 9.84 Å². The van der Waals surface area contributed by atoms with Gasteiger partial charge in [-0.05, 0) is 36.8 Å². The van der Waals surface area contributed by atoms with E-state index in [1.165, 1.54) is 37.3 Å². The highest BCUT2D eigenvalue weighted by atomic mass is 32.2. The average molecular weight is 354 g/mol. The number of hydrogen-bond donors (Lipinski definition) is 0. The predicted molar refractivity (Wildman–Crippen MR) is 85.2 cm³/mol. The maximum Gasteiger partial charge on any atom is 0.338 e. The van der Waals surface area contributed by atoms with Crippen LogP contribution in [0, 0.1) is 11.6 Å². The van der Waals surface area contributed by atoms with Crippen molar-refractivity contribution in [2.24, 2.45) is 0 Å². The van der Waals surface area contributed by atoms with Gasteiger partial charge in [0, 0.05) is 17.9 Å². The molecule has 24 heavy (non-hydrogen) atoms. The molecule has 0 aliphatic carbocycles. The summed E-state index contributed by atoms with van der Waals surface area (Å²) in [7, 11) is -3.16. The van der Waals surface area contributed by atoms with Crippen molar-refractivity contribution in [1.29, 1.82) is 0 Å². The third-order valence-corrected chi connectivity index (χ3v) is 4.16. The lowest BCUT2D eigenvalue weighted by molar-refractivity contribution is 0.0331. The first-order chi connectivity index (χ1) is 11.2. The molecule has 2 aromatic carbocycles. The fourth-order valence-electron chi connectivity index (χ4n) is 2.16. The molecule has 0 saturated carbocycles. The van der Waals surface area contributed by atoms with Crippen LogP contribution in [-0.2, 0) is 20.3 Å². The number of benzene rings is 2. The van der Waals surface area contributed by atoms with E-state index in [1.54, 1.807) is 0 Å². The topological polar surface area (TPSA) is 60.4 Å². The van der Waals surface area contributed by atoms with Gasteiger partial charge >= 0.3 is 5.97 Å². The Bertz CT molecular complexity index is 845. The molecular weight excluding hydrogens is 338 g/mol. The minimum Gasteiger partial charge on any atom is -0.454 e. The van der Waals surface area contributed by atoms with Gasteiger partial charge in [-0.2, -0.15) is 0 Å². The second kappa shape index (κ2) is 7.09. The van der Waals surface area contributed by atoms with E-state index >= 15 is 0 Å². The molecule has 0 bridgehead atoms. The molecule has 0 aromatic heterocycles. The molecule has 0 saturated heterocycles. The molecule has 0 aliphatic heterocycles.